The molecule has 3 aliphatic rings. The summed E-state index contributed by atoms with van der Waals surface area (Å²) in [5.74, 6) is 1.08. The van der Waals surface area contributed by atoms with E-state index < -0.39 is 6.04 Å². The van der Waals surface area contributed by atoms with Gasteiger partial charge in [-0.05, 0) is 67.0 Å². The standard InChI is InChI=1S/C29H33N5O2/c35-27(32-24-10-5-16-33(19-24)29-30-14-6-15-31-29)26-18-22-9-3-4-11-25(22)34(26)28(36)23-13-12-20-7-1-2-8-21(20)17-23/h1-2,6-8,12-15,17,22,24-26H,3-5,9-11,16,18-19H2,(H,32,35)/t22-,24?,25-,26-/m0/s1. The van der Waals surface area contributed by atoms with Crippen molar-refractivity contribution in [2.24, 2.45) is 5.92 Å². The molecule has 0 radical (unpaired) electrons. The first kappa shape index (κ1) is 23.0. The van der Waals surface area contributed by atoms with Gasteiger partial charge >= 0.3 is 0 Å². The Morgan fingerprint density at radius 3 is 2.56 bits per heavy atom. The summed E-state index contributed by atoms with van der Waals surface area (Å²) in [5, 5.41) is 5.47. The van der Waals surface area contributed by atoms with Gasteiger partial charge in [-0.25, -0.2) is 9.97 Å². The lowest BCUT2D eigenvalue weighted by Crippen LogP contribution is -2.54. The molecule has 1 aliphatic carbocycles. The van der Waals surface area contributed by atoms with Gasteiger partial charge in [0.2, 0.25) is 11.9 Å². The molecule has 3 fully saturated rings. The summed E-state index contributed by atoms with van der Waals surface area (Å²) in [4.78, 5) is 40.5. The van der Waals surface area contributed by atoms with Crippen molar-refractivity contribution in [3.63, 3.8) is 0 Å². The molecule has 7 heteroatoms. The highest BCUT2D eigenvalue weighted by Gasteiger charge is 2.48. The predicted molar refractivity (Wildman–Crippen MR) is 140 cm³/mol. The largest absolute Gasteiger partial charge is 0.350 e. The van der Waals surface area contributed by atoms with E-state index in [-0.39, 0.29) is 23.9 Å². The van der Waals surface area contributed by atoms with Gasteiger partial charge in [-0.2, -0.15) is 0 Å². The minimum atomic E-state index is -0.416. The molecule has 3 heterocycles. The molecule has 1 N–H and O–H groups in total. The molecular formula is C29H33N5O2. The molecule has 3 aromatic rings. The minimum absolute atomic E-state index is 0.0145. The number of likely N-dealkylation sites (tertiary alicyclic amines) is 1. The summed E-state index contributed by atoms with van der Waals surface area (Å²) in [5.41, 5.74) is 0.669. The van der Waals surface area contributed by atoms with E-state index in [2.05, 4.69) is 26.3 Å². The number of rotatable bonds is 4. The summed E-state index contributed by atoms with van der Waals surface area (Å²) < 4.78 is 0. The number of fused-ring (bicyclic) bond motifs is 2. The molecular weight excluding hydrogens is 450 g/mol. The Kier molecular flexibility index (Phi) is 6.30. The van der Waals surface area contributed by atoms with Gasteiger partial charge in [0.1, 0.15) is 6.04 Å². The van der Waals surface area contributed by atoms with E-state index in [4.69, 9.17) is 0 Å². The molecule has 2 aliphatic heterocycles. The SMILES string of the molecule is O=C(NC1CCCN(c2ncccn2)C1)[C@@H]1C[C@@H]2CCCC[C@@H]2N1C(=O)c1ccc2ccccc2c1. The molecule has 2 aromatic carbocycles. The van der Waals surface area contributed by atoms with E-state index in [1.807, 2.05) is 47.4 Å². The van der Waals surface area contributed by atoms with Gasteiger partial charge in [0.15, 0.2) is 0 Å². The van der Waals surface area contributed by atoms with E-state index >= 15 is 0 Å². The molecule has 186 valence electrons. The maximum Gasteiger partial charge on any atom is 0.254 e. The molecule has 2 amide bonds. The van der Waals surface area contributed by atoms with Crippen molar-refractivity contribution >= 4 is 28.5 Å². The van der Waals surface area contributed by atoms with Gasteiger partial charge in [0.05, 0.1) is 0 Å². The molecule has 0 bridgehead atoms. The predicted octanol–water partition coefficient (Wildman–Crippen LogP) is 4.19. The normalized spacial score (nSPS) is 26.0. The minimum Gasteiger partial charge on any atom is -0.350 e. The Hall–Kier alpha value is -3.48. The van der Waals surface area contributed by atoms with Crippen molar-refractivity contribution in [2.75, 3.05) is 18.0 Å². The fourth-order valence-corrected chi connectivity index (χ4v) is 6.49. The average Bonchev–Trinajstić information content (AvgIpc) is 3.33. The van der Waals surface area contributed by atoms with E-state index in [0.717, 1.165) is 55.8 Å². The molecule has 1 unspecified atom stereocenters. The third-order valence-electron chi connectivity index (χ3n) is 8.22. The number of hydrogen-bond acceptors (Lipinski definition) is 5. The van der Waals surface area contributed by atoms with E-state index in [1.165, 1.54) is 6.42 Å². The van der Waals surface area contributed by atoms with Crippen LogP contribution in [0.3, 0.4) is 0 Å². The van der Waals surface area contributed by atoms with Crippen molar-refractivity contribution in [1.29, 1.82) is 0 Å². The van der Waals surface area contributed by atoms with Gasteiger partial charge in [0, 0.05) is 43.1 Å². The highest BCUT2D eigenvalue weighted by molar-refractivity contribution is 6.01. The van der Waals surface area contributed by atoms with Gasteiger partial charge in [-0.1, -0.05) is 43.2 Å². The summed E-state index contributed by atoms with van der Waals surface area (Å²) in [6, 6.07) is 15.6. The fourth-order valence-electron chi connectivity index (χ4n) is 6.49. The summed E-state index contributed by atoms with van der Waals surface area (Å²) in [6.45, 7) is 1.57. The van der Waals surface area contributed by atoms with Crippen LogP contribution in [0.2, 0.25) is 0 Å². The smallest absolute Gasteiger partial charge is 0.254 e. The van der Waals surface area contributed by atoms with Crippen LogP contribution >= 0.6 is 0 Å². The zero-order valence-electron chi connectivity index (χ0n) is 20.6. The molecule has 36 heavy (non-hydrogen) atoms. The van der Waals surface area contributed by atoms with Crippen LogP contribution in [0.4, 0.5) is 5.95 Å². The number of carbonyl (C=O) groups excluding carboxylic acids is 2. The zero-order valence-corrected chi connectivity index (χ0v) is 20.6. The lowest BCUT2D eigenvalue weighted by Gasteiger charge is -2.36. The Morgan fingerprint density at radius 1 is 0.889 bits per heavy atom. The van der Waals surface area contributed by atoms with Crippen LogP contribution in [0.25, 0.3) is 10.8 Å². The number of benzene rings is 2. The highest BCUT2D eigenvalue weighted by atomic mass is 16.2. The summed E-state index contributed by atoms with van der Waals surface area (Å²) >= 11 is 0. The number of piperidine rings is 1. The first-order chi connectivity index (χ1) is 17.7. The molecule has 4 atom stereocenters. The van der Waals surface area contributed by atoms with Crippen molar-refractivity contribution < 1.29 is 9.59 Å². The third kappa shape index (κ3) is 4.43. The summed E-state index contributed by atoms with van der Waals surface area (Å²) in [7, 11) is 0. The van der Waals surface area contributed by atoms with Crippen molar-refractivity contribution in [3.8, 4) is 0 Å². The first-order valence-electron chi connectivity index (χ1n) is 13.3. The van der Waals surface area contributed by atoms with E-state index in [0.29, 0.717) is 24.0 Å². The monoisotopic (exact) mass is 483 g/mol. The number of hydrogen-bond donors (Lipinski definition) is 1. The molecule has 6 rings (SSSR count). The maximum atomic E-state index is 13.9. The molecule has 2 saturated heterocycles. The number of anilines is 1. The van der Waals surface area contributed by atoms with Crippen LogP contribution in [-0.2, 0) is 4.79 Å². The second-order valence-corrected chi connectivity index (χ2v) is 10.5. The highest BCUT2D eigenvalue weighted by Crippen LogP contribution is 2.41. The topological polar surface area (TPSA) is 78.4 Å². The van der Waals surface area contributed by atoms with Gasteiger partial charge in [-0.3, -0.25) is 9.59 Å². The number of carbonyl (C=O) groups is 2. The molecule has 1 saturated carbocycles. The number of nitrogens with zero attached hydrogens (tertiary/aromatic N) is 4. The molecule has 7 nitrogen and oxygen atoms in total. The average molecular weight is 484 g/mol. The van der Waals surface area contributed by atoms with Crippen molar-refractivity contribution in [1.82, 2.24) is 20.2 Å². The van der Waals surface area contributed by atoms with Crippen molar-refractivity contribution in [3.05, 3.63) is 66.5 Å². The van der Waals surface area contributed by atoms with Crippen LogP contribution in [0.1, 0.15) is 55.3 Å². The zero-order chi connectivity index (χ0) is 24.5. The first-order valence-corrected chi connectivity index (χ1v) is 13.3. The number of nitrogens with one attached hydrogen (secondary N) is 1. The maximum absolute atomic E-state index is 13.9. The number of aromatic nitrogens is 2. The van der Waals surface area contributed by atoms with Crippen LogP contribution in [-0.4, -0.2) is 57.9 Å². The Morgan fingerprint density at radius 2 is 1.69 bits per heavy atom. The van der Waals surface area contributed by atoms with Crippen LogP contribution in [0, 0.1) is 5.92 Å². The Bertz CT molecular complexity index is 1250. The van der Waals surface area contributed by atoms with Gasteiger partial charge < -0.3 is 15.1 Å². The van der Waals surface area contributed by atoms with Gasteiger partial charge in [-0.15, -0.1) is 0 Å². The number of amides is 2. The summed E-state index contributed by atoms with van der Waals surface area (Å²) in [6.07, 6.45) is 10.5. The Balaban J connectivity index is 1.22. The van der Waals surface area contributed by atoms with Gasteiger partial charge in [0.25, 0.3) is 5.91 Å². The van der Waals surface area contributed by atoms with Crippen LogP contribution < -0.4 is 10.2 Å². The Labute approximate surface area is 211 Å². The lowest BCUT2D eigenvalue weighted by atomic mass is 9.84. The molecule has 1 aromatic heterocycles. The van der Waals surface area contributed by atoms with E-state index in [9.17, 15) is 9.59 Å². The fraction of sp³-hybridized carbons (Fsp3) is 0.448. The van der Waals surface area contributed by atoms with Crippen molar-refractivity contribution in [2.45, 2.75) is 63.1 Å². The second-order valence-electron chi connectivity index (χ2n) is 10.5. The van der Waals surface area contributed by atoms with Crippen LogP contribution in [0.5, 0.6) is 0 Å². The van der Waals surface area contributed by atoms with E-state index in [1.54, 1.807) is 12.4 Å². The lowest BCUT2D eigenvalue weighted by molar-refractivity contribution is -0.126. The molecule has 0 spiro atoms. The quantitative estimate of drug-likeness (QED) is 0.602. The van der Waals surface area contributed by atoms with Crippen LogP contribution in [0.15, 0.2) is 60.9 Å². The second kappa shape index (κ2) is 9.88. The third-order valence-corrected chi connectivity index (χ3v) is 8.22.